The average molecular weight is 376 g/mol. The summed E-state index contributed by atoms with van der Waals surface area (Å²) in [5.74, 6) is 0.813. The van der Waals surface area contributed by atoms with Crippen LogP contribution in [0.3, 0.4) is 0 Å². The maximum atomic E-state index is 12.2. The zero-order valence-corrected chi connectivity index (χ0v) is 15.3. The largest absolute Gasteiger partial charge is 0.328 e. The van der Waals surface area contributed by atoms with E-state index >= 15 is 0 Å². The number of nitro groups is 1. The third kappa shape index (κ3) is 3.78. The Bertz CT molecular complexity index is 1080. The van der Waals surface area contributed by atoms with Gasteiger partial charge < -0.3 is 9.88 Å². The van der Waals surface area contributed by atoms with E-state index in [2.05, 4.69) is 9.88 Å². The Kier molecular flexibility index (Phi) is 4.89. The molecule has 1 aliphatic heterocycles. The molecule has 0 aliphatic carbocycles. The second-order valence-corrected chi connectivity index (χ2v) is 6.87. The molecule has 3 aromatic rings. The number of benzene rings is 2. The average Bonchev–Trinajstić information content (AvgIpc) is 2.86. The zero-order chi connectivity index (χ0) is 19.5. The number of nitro benzene ring substituents is 1. The number of nitrogens with zero attached hydrogens (tertiary/aromatic N) is 3. The molecule has 1 amide bonds. The molecule has 1 aliphatic rings. The van der Waals surface area contributed by atoms with Crippen LogP contribution in [0.15, 0.2) is 48.5 Å². The summed E-state index contributed by atoms with van der Waals surface area (Å²) in [5, 5.41) is 13.7. The Morgan fingerprint density at radius 3 is 2.93 bits per heavy atom. The number of aryl methyl sites for hydroxylation is 2. The van der Waals surface area contributed by atoms with Crippen LogP contribution in [-0.2, 0) is 17.8 Å². The minimum absolute atomic E-state index is 0.00689. The summed E-state index contributed by atoms with van der Waals surface area (Å²) in [6.45, 7) is 0.990. The van der Waals surface area contributed by atoms with Crippen LogP contribution in [0.25, 0.3) is 17.1 Å². The lowest BCUT2D eigenvalue weighted by atomic mass is 10.2. The van der Waals surface area contributed by atoms with E-state index in [1.807, 2.05) is 18.2 Å². The maximum absolute atomic E-state index is 12.2. The van der Waals surface area contributed by atoms with Crippen molar-refractivity contribution in [2.45, 2.75) is 32.2 Å². The summed E-state index contributed by atoms with van der Waals surface area (Å²) < 4.78 is 2.27. The quantitative estimate of drug-likeness (QED) is 0.417. The summed E-state index contributed by atoms with van der Waals surface area (Å²) >= 11 is 0. The number of hydrogen-bond donors (Lipinski definition) is 1. The highest BCUT2D eigenvalue weighted by atomic mass is 16.6. The molecule has 7 nitrogen and oxygen atoms in total. The molecule has 0 saturated carbocycles. The molecular weight excluding hydrogens is 356 g/mol. The second kappa shape index (κ2) is 7.64. The first-order valence-electron chi connectivity index (χ1n) is 9.33. The van der Waals surface area contributed by atoms with Crippen LogP contribution in [0.2, 0.25) is 0 Å². The number of non-ortho nitro benzene ring substituents is 1. The summed E-state index contributed by atoms with van der Waals surface area (Å²) in [4.78, 5) is 27.3. The number of fused-ring (bicyclic) bond motifs is 3. The molecule has 0 atom stereocenters. The molecule has 28 heavy (non-hydrogen) atoms. The van der Waals surface area contributed by atoms with Crippen molar-refractivity contribution in [2.24, 2.45) is 0 Å². The van der Waals surface area contributed by atoms with Crippen molar-refractivity contribution in [3.05, 3.63) is 70.0 Å². The predicted octanol–water partition coefficient (Wildman–Crippen LogP) is 4.32. The van der Waals surface area contributed by atoms with Gasteiger partial charge in [0.05, 0.1) is 16.0 Å². The number of aromatic nitrogens is 2. The van der Waals surface area contributed by atoms with Gasteiger partial charge in [-0.1, -0.05) is 18.6 Å². The Balaban J connectivity index is 1.49. The molecule has 0 saturated heterocycles. The summed E-state index contributed by atoms with van der Waals surface area (Å²) in [7, 11) is 0. The molecule has 0 spiro atoms. The predicted molar refractivity (Wildman–Crippen MR) is 108 cm³/mol. The van der Waals surface area contributed by atoms with E-state index in [1.54, 1.807) is 18.2 Å². The third-order valence-corrected chi connectivity index (χ3v) is 4.89. The number of carbonyl (C=O) groups excluding carboxylic acids is 1. The van der Waals surface area contributed by atoms with Crippen LogP contribution < -0.4 is 5.32 Å². The maximum Gasteiger partial charge on any atom is 0.270 e. The van der Waals surface area contributed by atoms with Crippen LogP contribution in [-0.4, -0.2) is 20.4 Å². The molecule has 7 heteroatoms. The monoisotopic (exact) mass is 376 g/mol. The fraction of sp³-hybridized carbons (Fsp3) is 0.238. The van der Waals surface area contributed by atoms with E-state index in [0.29, 0.717) is 11.3 Å². The summed E-state index contributed by atoms with van der Waals surface area (Å²) in [5.41, 5.74) is 3.25. The lowest BCUT2D eigenvalue weighted by Gasteiger charge is -2.05. The van der Waals surface area contributed by atoms with Gasteiger partial charge in [0.2, 0.25) is 5.91 Å². The van der Waals surface area contributed by atoms with Crippen LogP contribution >= 0.6 is 0 Å². The number of nitrogens with one attached hydrogen (secondary N) is 1. The number of carbonyl (C=O) groups is 1. The Morgan fingerprint density at radius 1 is 1.18 bits per heavy atom. The molecule has 4 rings (SSSR count). The molecule has 0 bridgehead atoms. The highest BCUT2D eigenvalue weighted by Gasteiger charge is 2.14. The van der Waals surface area contributed by atoms with Crippen molar-refractivity contribution in [1.29, 1.82) is 0 Å². The van der Waals surface area contributed by atoms with Gasteiger partial charge >= 0.3 is 0 Å². The van der Waals surface area contributed by atoms with Crippen molar-refractivity contribution in [3.63, 3.8) is 0 Å². The van der Waals surface area contributed by atoms with E-state index in [4.69, 9.17) is 4.98 Å². The van der Waals surface area contributed by atoms with Gasteiger partial charge in [-0.15, -0.1) is 0 Å². The normalized spacial score (nSPS) is 14.0. The van der Waals surface area contributed by atoms with Gasteiger partial charge in [-0.2, -0.15) is 0 Å². The Labute approximate surface area is 161 Å². The topological polar surface area (TPSA) is 90.1 Å². The molecule has 0 fully saturated rings. The van der Waals surface area contributed by atoms with Crippen molar-refractivity contribution >= 4 is 34.4 Å². The van der Waals surface area contributed by atoms with E-state index in [1.165, 1.54) is 31.1 Å². The highest BCUT2D eigenvalue weighted by Crippen LogP contribution is 2.24. The summed E-state index contributed by atoms with van der Waals surface area (Å²) in [6.07, 6.45) is 7.47. The fourth-order valence-electron chi connectivity index (χ4n) is 3.53. The standard InChI is InChI=1S/C21H20N4O3/c26-21(11-8-15-5-4-6-17(13-15)25(27)28)22-16-9-10-19-18(14-16)23-20-7-2-1-3-12-24(19)20/h4-6,8-11,13-14H,1-3,7,12H2,(H,22,26)/b11-8+. The first-order valence-corrected chi connectivity index (χ1v) is 9.33. The van der Waals surface area contributed by atoms with Gasteiger partial charge in [-0.05, 0) is 42.7 Å². The number of anilines is 1. The summed E-state index contributed by atoms with van der Waals surface area (Å²) in [6, 6.07) is 11.9. The number of imidazole rings is 1. The Hall–Kier alpha value is -3.48. The van der Waals surface area contributed by atoms with Crippen LogP contribution in [0.4, 0.5) is 11.4 Å². The van der Waals surface area contributed by atoms with E-state index in [9.17, 15) is 14.9 Å². The van der Waals surface area contributed by atoms with Gasteiger partial charge in [0.15, 0.2) is 0 Å². The number of amides is 1. The van der Waals surface area contributed by atoms with Crippen molar-refractivity contribution < 1.29 is 9.72 Å². The van der Waals surface area contributed by atoms with Gasteiger partial charge in [-0.25, -0.2) is 4.98 Å². The minimum atomic E-state index is -0.459. The lowest BCUT2D eigenvalue weighted by Crippen LogP contribution is -2.07. The van der Waals surface area contributed by atoms with Crippen LogP contribution in [0, 0.1) is 10.1 Å². The van der Waals surface area contributed by atoms with Crippen LogP contribution in [0.1, 0.15) is 30.7 Å². The first kappa shape index (κ1) is 17.9. The van der Waals surface area contributed by atoms with Gasteiger partial charge in [0.1, 0.15) is 5.82 Å². The molecular formula is C21H20N4O3. The Morgan fingerprint density at radius 2 is 2.07 bits per heavy atom. The second-order valence-electron chi connectivity index (χ2n) is 6.87. The molecule has 2 heterocycles. The first-order chi connectivity index (χ1) is 13.6. The highest BCUT2D eigenvalue weighted by molar-refractivity contribution is 6.02. The van der Waals surface area contributed by atoms with Gasteiger partial charge in [-0.3, -0.25) is 14.9 Å². The van der Waals surface area contributed by atoms with E-state index in [0.717, 1.165) is 36.2 Å². The molecule has 0 unspecified atom stereocenters. The molecule has 142 valence electrons. The number of rotatable bonds is 4. The molecule has 1 aromatic heterocycles. The van der Waals surface area contributed by atoms with Crippen molar-refractivity contribution in [2.75, 3.05) is 5.32 Å². The molecule has 2 aromatic carbocycles. The van der Waals surface area contributed by atoms with Crippen LogP contribution in [0.5, 0.6) is 0 Å². The van der Waals surface area contributed by atoms with Gasteiger partial charge in [0, 0.05) is 36.9 Å². The van der Waals surface area contributed by atoms with E-state index < -0.39 is 4.92 Å². The van der Waals surface area contributed by atoms with E-state index in [-0.39, 0.29) is 11.6 Å². The molecule has 0 radical (unpaired) electrons. The lowest BCUT2D eigenvalue weighted by molar-refractivity contribution is -0.384. The smallest absolute Gasteiger partial charge is 0.270 e. The minimum Gasteiger partial charge on any atom is -0.328 e. The van der Waals surface area contributed by atoms with Crippen molar-refractivity contribution in [1.82, 2.24) is 9.55 Å². The zero-order valence-electron chi connectivity index (χ0n) is 15.3. The number of hydrogen-bond acceptors (Lipinski definition) is 4. The SMILES string of the molecule is O=C(/C=C/c1cccc([N+](=O)[O-])c1)Nc1ccc2c(c1)nc1n2CCCCC1. The third-order valence-electron chi connectivity index (χ3n) is 4.89. The molecule has 1 N–H and O–H groups in total. The fourth-order valence-corrected chi connectivity index (χ4v) is 3.53. The van der Waals surface area contributed by atoms with Gasteiger partial charge in [0.25, 0.3) is 5.69 Å². The van der Waals surface area contributed by atoms with Crippen molar-refractivity contribution in [3.8, 4) is 0 Å².